The normalized spacial score (nSPS) is 21.5. The highest BCUT2D eigenvalue weighted by atomic mass is 19.1. The summed E-state index contributed by atoms with van der Waals surface area (Å²) in [6.45, 7) is 19.3. The third kappa shape index (κ3) is 7.63. The summed E-state index contributed by atoms with van der Waals surface area (Å²) >= 11 is 0. The molecule has 0 radical (unpaired) electrons. The molecular weight excluding hydrogens is 519 g/mol. The standard InChI is InChI=1S/C24H31FN4O2.C8H18N2/c1-16-13-28(10-9-26-16)14-21(30)29-15-24(2,3)22-20(29)12-18(23(31)27(22)4)11-17-5-7-19(25)8-6-17;1-8(2)10-6-4-9(3)5-7-10/h5-8,12,16,26H,9-11,13-15H2,1-4H3;8H,4-7H2,1-3H3. The lowest BCUT2D eigenvalue weighted by Gasteiger charge is -2.34. The van der Waals surface area contributed by atoms with Crippen molar-refractivity contribution in [3.05, 3.63) is 63.3 Å². The molecule has 5 rings (SSSR count). The molecule has 41 heavy (non-hydrogen) atoms. The maximum absolute atomic E-state index is 13.3. The Labute approximate surface area is 245 Å². The minimum atomic E-state index is -0.315. The second-order valence-electron chi connectivity index (χ2n) is 13.0. The Morgan fingerprint density at radius 2 is 1.73 bits per heavy atom. The van der Waals surface area contributed by atoms with Crippen molar-refractivity contribution >= 4 is 11.6 Å². The SMILES string of the molecule is CC(C)N1CCN(C)CC1.CC1CN(CC(=O)N2CC(C)(C)c3c2cc(Cc2ccc(F)cc2)c(=O)n3C)CCN1. The van der Waals surface area contributed by atoms with Crippen LogP contribution in [0.2, 0.25) is 0 Å². The van der Waals surface area contributed by atoms with Crippen molar-refractivity contribution in [2.45, 2.75) is 58.5 Å². The van der Waals surface area contributed by atoms with Gasteiger partial charge in [0, 0.05) is 88.9 Å². The molecule has 0 aliphatic carbocycles. The predicted octanol–water partition coefficient (Wildman–Crippen LogP) is 2.68. The molecule has 3 aliphatic rings. The maximum Gasteiger partial charge on any atom is 0.254 e. The third-order valence-electron chi connectivity index (χ3n) is 8.64. The molecule has 0 bridgehead atoms. The number of anilines is 1. The minimum absolute atomic E-state index is 0.0623. The Bertz CT molecular complexity index is 1250. The van der Waals surface area contributed by atoms with Crippen LogP contribution in [-0.2, 0) is 23.7 Å². The molecule has 1 aromatic carbocycles. The summed E-state index contributed by atoms with van der Waals surface area (Å²) in [7, 11) is 3.97. The van der Waals surface area contributed by atoms with Gasteiger partial charge in [-0.25, -0.2) is 4.39 Å². The predicted molar refractivity (Wildman–Crippen MR) is 164 cm³/mol. The number of hydrogen-bond acceptors (Lipinski definition) is 6. The zero-order chi connectivity index (χ0) is 29.9. The number of carbonyl (C=O) groups excluding carboxylic acids is 1. The Hall–Kier alpha value is -2.59. The number of likely N-dealkylation sites (N-methyl/N-ethyl adjacent to an activating group) is 1. The number of piperazine rings is 2. The number of nitrogens with zero attached hydrogens (tertiary/aromatic N) is 5. The number of amides is 1. The fraction of sp³-hybridized carbons (Fsp3) is 0.625. The van der Waals surface area contributed by atoms with Crippen LogP contribution in [0.25, 0.3) is 0 Å². The molecule has 226 valence electrons. The highest BCUT2D eigenvalue weighted by Crippen LogP contribution is 2.40. The lowest BCUT2D eigenvalue weighted by atomic mass is 9.90. The van der Waals surface area contributed by atoms with Crippen LogP contribution in [0.15, 0.2) is 35.1 Å². The first-order valence-electron chi connectivity index (χ1n) is 15.0. The first-order valence-corrected chi connectivity index (χ1v) is 15.0. The van der Waals surface area contributed by atoms with Gasteiger partial charge >= 0.3 is 0 Å². The van der Waals surface area contributed by atoms with Gasteiger partial charge in [0.1, 0.15) is 5.82 Å². The number of fused-ring (bicyclic) bond motifs is 1. The van der Waals surface area contributed by atoms with Crippen molar-refractivity contribution < 1.29 is 9.18 Å². The quantitative estimate of drug-likeness (QED) is 0.599. The van der Waals surface area contributed by atoms with Gasteiger partial charge in [-0.15, -0.1) is 0 Å². The zero-order valence-corrected chi connectivity index (χ0v) is 26.0. The Morgan fingerprint density at radius 1 is 1.07 bits per heavy atom. The van der Waals surface area contributed by atoms with Gasteiger partial charge in [-0.05, 0) is 51.6 Å². The summed E-state index contributed by atoms with van der Waals surface area (Å²) in [4.78, 5) is 35.3. The van der Waals surface area contributed by atoms with Crippen LogP contribution in [0.1, 0.15) is 51.4 Å². The maximum atomic E-state index is 13.3. The first kappa shape index (κ1) is 31.3. The molecule has 0 saturated carbocycles. The van der Waals surface area contributed by atoms with Gasteiger partial charge in [-0.1, -0.05) is 26.0 Å². The molecule has 8 nitrogen and oxygen atoms in total. The highest BCUT2D eigenvalue weighted by Gasteiger charge is 2.41. The third-order valence-corrected chi connectivity index (χ3v) is 8.64. The molecule has 1 N–H and O–H groups in total. The topological polar surface area (TPSA) is 64.1 Å². The fourth-order valence-electron chi connectivity index (χ4n) is 6.29. The summed E-state index contributed by atoms with van der Waals surface area (Å²) in [5, 5.41) is 3.40. The van der Waals surface area contributed by atoms with Gasteiger partial charge in [-0.3, -0.25) is 19.4 Å². The minimum Gasteiger partial charge on any atom is -0.313 e. The van der Waals surface area contributed by atoms with Crippen molar-refractivity contribution in [3.63, 3.8) is 0 Å². The molecule has 4 heterocycles. The van der Waals surface area contributed by atoms with E-state index in [0.717, 1.165) is 42.6 Å². The van der Waals surface area contributed by atoms with E-state index in [1.807, 2.05) is 11.0 Å². The highest BCUT2D eigenvalue weighted by molar-refractivity contribution is 5.97. The van der Waals surface area contributed by atoms with Crippen LogP contribution in [-0.4, -0.2) is 103 Å². The molecule has 1 atom stereocenters. The van der Waals surface area contributed by atoms with E-state index in [1.165, 1.54) is 38.3 Å². The zero-order valence-electron chi connectivity index (χ0n) is 26.0. The van der Waals surface area contributed by atoms with Crippen LogP contribution in [0.4, 0.5) is 10.1 Å². The van der Waals surface area contributed by atoms with Crippen LogP contribution >= 0.6 is 0 Å². The van der Waals surface area contributed by atoms with E-state index >= 15 is 0 Å². The fourth-order valence-corrected chi connectivity index (χ4v) is 6.29. The Morgan fingerprint density at radius 3 is 2.34 bits per heavy atom. The van der Waals surface area contributed by atoms with Crippen molar-refractivity contribution in [1.82, 2.24) is 24.6 Å². The molecule has 9 heteroatoms. The summed E-state index contributed by atoms with van der Waals surface area (Å²) in [5.41, 5.74) is 2.80. The van der Waals surface area contributed by atoms with Gasteiger partial charge < -0.3 is 19.7 Å². The van der Waals surface area contributed by atoms with Crippen molar-refractivity contribution in [3.8, 4) is 0 Å². The van der Waals surface area contributed by atoms with Gasteiger partial charge in [0.05, 0.1) is 17.9 Å². The number of benzene rings is 1. The van der Waals surface area contributed by atoms with E-state index in [1.54, 1.807) is 23.7 Å². The lowest BCUT2D eigenvalue weighted by Crippen LogP contribution is -2.52. The van der Waals surface area contributed by atoms with E-state index in [-0.39, 0.29) is 22.7 Å². The Kier molecular flexibility index (Phi) is 10.1. The lowest BCUT2D eigenvalue weighted by molar-refractivity contribution is -0.120. The van der Waals surface area contributed by atoms with Gasteiger partial charge in [0.15, 0.2) is 0 Å². The Balaban J connectivity index is 0.000000328. The van der Waals surface area contributed by atoms with E-state index in [9.17, 15) is 14.0 Å². The number of aromatic nitrogens is 1. The molecule has 0 spiro atoms. The summed E-state index contributed by atoms with van der Waals surface area (Å²) in [5.74, 6) is -0.237. The average molecular weight is 569 g/mol. The number of halogens is 1. The average Bonchev–Trinajstić information content (AvgIpc) is 3.19. The molecule has 2 saturated heterocycles. The van der Waals surface area contributed by atoms with Gasteiger partial charge in [0.25, 0.3) is 5.56 Å². The van der Waals surface area contributed by atoms with Gasteiger partial charge in [-0.2, -0.15) is 0 Å². The number of pyridine rings is 1. The second-order valence-corrected chi connectivity index (χ2v) is 13.0. The van der Waals surface area contributed by atoms with E-state index in [2.05, 4.69) is 61.7 Å². The van der Waals surface area contributed by atoms with E-state index in [4.69, 9.17) is 0 Å². The van der Waals surface area contributed by atoms with Crippen molar-refractivity contribution in [1.29, 1.82) is 0 Å². The molecule has 1 aromatic heterocycles. The number of carbonyl (C=O) groups is 1. The van der Waals surface area contributed by atoms with Crippen molar-refractivity contribution in [2.75, 3.05) is 70.9 Å². The van der Waals surface area contributed by atoms with Crippen LogP contribution in [0.3, 0.4) is 0 Å². The number of nitrogens with one attached hydrogen (secondary N) is 1. The monoisotopic (exact) mass is 568 g/mol. The molecule has 1 unspecified atom stereocenters. The van der Waals surface area contributed by atoms with Crippen LogP contribution in [0.5, 0.6) is 0 Å². The number of rotatable bonds is 5. The molecule has 1 amide bonds. The largest absolute Gasteiger partial charge is 0.313 e. The van der Waals surface area contributed by atoms with E-state index in [0.29, 0.717) is 31.1 Å². The molecule has 3 aliphatic heterocycles. The second kappa shape index (κ2) is 13.2. The first-order chi connectivity index (χ1) is 19.4. The van der Waals surface area contributed by atoms with E-state index < -0.39 is 0 Å². The molecule has 2 fully saturated rings. The van der Waals surface area contributed by atoms with Crippen LogP contribution < -0.4 is 15.8 Å². The summed E-state index contributed by atoms with van der Waals surface area (Å²) < 4.78 is 15.0. The molecular formula is C32H49FN6O2. The number of hydrogen-bond donors (Lipinski definition) is 1. The summed E-state index contributed by atoms with van der Waals surface area (Å²) in [6.07, 6.45) is 0.401. The molecule has 2 aromatic rings. The van der Waals surface area contributed by atoms with Crippen LogP contribution in [0, 0.1) is 5.82 Å². The van der Waals surface area contributed by atoms with Gasteiger partial charge in [0.2, 0.25) is 5.91 Å². The summed E-state index contributed by atoms with van der Waals surface area (Å²) in [6, 6.07) is 9.16. The van der Waals surface area contributed by atoms with Crippen molar-refractivity contribution in [2.24, 2.45) is 7.05 Å². The smallest absolute Gasteiger partial charge is 0.254 e.